The van der Waals surface area contributed by atoms with E-state index >= 15 is 0 Å². The molecule has 0 aliphatic rings. The van der Waals surface area contributed by atoms with Gasteiger partial charge in [-0.3, -0.25) is 0 Å². The summed E-state index contributed by atoms with van der Waals surface area (Å²) in [5.74, 6) is 0.924. The first-order valence-electron chi connectivity index (χ1n) is 7.20. The van der Waals surface area contributed by atoms with Crippen molar-refractivity contribution in [1.29, 1.82) is 0 Å². The first-order chi connectivity index (χ1) is 11.4. The van der Waals surface area contributed by atoms with E-state index in [9.17, 15) is 4.39 Å². The van der Waals surface area contributed by atoms with Gasteiger partial charge in [-0.25, -0.2) is 4.39 Å². The van der Waals surface area contributed by atoms with Gasteiger partial charge >= 0.3 is 0 Å². The Bertz CT molecular complexity index is 883. The molecule has 3 rings (SSSR count). The number of rotatable bonds is 4. The molecule has 0 N–H and O–H groups in total. The van der Waals surface area contributed by atoms with Crippen LogP contribution in [0, 0.1) is 5.82 Å². The summed E-state index contributed by atoms with van der Waals surface area (Å²) in [5, 5.41) is 4.43. The maximum atomic E-state index is 13.2. The quantitative estimate of drug-likeness (QED) is 0.549. The standard InChI is InChI=1S/C17H13BrClFN2O2/c1-9(2)23-15-6-3-10(7-14(15)19)16-21-17(24-22-16)12-5-4-11(20)8-13(12)18/h3-9H,1-2H3. The lowest BCUT2D eigenvalue weighted by molar-refractivity contribution is 0.242. The van der Waals surface area contributed by atoms with Gasteiger partial charge < -0.3 is 9.26 Å². The molecule has 0 bridgehead atoms. The van der Waals surface area contributed by atoms with Crippen molar-refractivity contribution in [3.8, 4) is 28.6 Å². The maximum Gasteiger partial charge on any atom is 0.259 e. The Morgan fingerprint density at radius 2 is 2.00 bits per heavy atom. The minimum atomic E-state index is -0.349. The minimum Gasteiger partial charge on any atom is -0.489 e. The van der Waals surface area contributed by atoms with Gasteiger partial charge in [0.1, 0.15) is 11.6 Å². The molecule has 7 heteroatoms. The second kappa shape index (κ2) is 6.91. The van der Waals surface area contributed by atoms with Crippen molar-refractivity contribution in [3.05, 3.63) is 51.7 Å². The van der Waals surface area contributed by atoms with Gasteiger partial charge in [0.25, 0.3) is 5.89 Å². The monoisotopic (exact) mass is 410 g/mol. The minimum absolute atomic E-state index is 0.0287. The van der Waals surface area contributed by atoms with Crippen molar-refractivity contribution in [1.82, 2.24) is 10.1 Å². The van der Waals surface area contributed by atoms with Crippen LogP contribution in [0.5, 0.6) is 5.75 Å². The van der Waals surface area contributed by atoms with Crippen LogP contribution >= 0.6 is 27.5 Å². The van der Waals surface area contributed by atoms with Crippen molar-refractivity contribution in [3.63, 3.8) is 0 Å². The number of nitrogens with zero attached hydrogens (tertiary/aromatic N) is 2. The molecule has 0 radical (unpaired) electrons. The zero-order valence-electron chi connectivity index (χ0n) is 12.9. The Kier molecular flexibility index (Phi) is 4.87. The zero-order valence-corrected chi connectivity index (χ0v) is 15.2. The summed E-state index contributed by atoms with van der Waals surface area (Å²) in [6.45, 7) is 3.85. The molecule has 4 nitrogen and oxygen atoms in total. The fraction of sp³-hybridized carbons (Fsp3) is 0.176. The van der Waals surface area contributed by atoms with Crippen LogP contribution in [0.1, 0.15) is 13.8 Å². The van der Waals surface area contributed by atoms with Crippen molar-refractivity contribution in [2.45, 2.75) is 20.0 Å². The van der Waals surface area contributed by atoms with Crippen LogP contribution in [0.15, 0.2) is 45.4 Å². The van der Waals surface area contributed by atoms with Crippen molar-refractivity contribution < 1.29 is 13.7 Å². The summed E-state index contributed by atoms with van der Waals surface area (Å²) in [6, 6.07) is 9.53. The van der Waals surface area contributed by atoms with Crippen LogP contribution in [0.3, 0.4) is 0 Å². The number of ether oxygens (including phenoxy) is 1. The second-order valence-corrected chi connectivity index (χ2v) is 6.62. The molecule has 1 heterocycles. The molecule has 0 spiro atoms. The molecule has 24 heavy (non-hydrogen) atoms. The number of hydrogen-bond acceptors (Lipinski definition) is 4. The molecule has 0 unspecified atom stereocenters. The molecule has 0 fully saturated rings. The number of benzene rings is 2. The molecular formula is C17H13BrClFN2O2. The third kappa shape index (κ3) is 3.60. The van der Waals surface area contributed by atoms with Gasteiger partial charge in [-0.15, -0.1) is 0 Å². The molecular weight excluding hydrogens is 399 g/mol. The van der Waals surface area contributed by atoms with Gasteiger partial charge in [0.2, 0.25) is 5.82 Å². The number of hydrogen-bond donors (Lipinski definition) is 0. The fourth-order valence-corrected chi connectivity index (χ4v) is 2.85. The molecule has 0 saturated carbocycles. The molecule has 0 saturated heterocycles. The maximum absolute atomic E-state index is 13.2. The van der Waals surface area contributed by atoms with Crippen LogP contribution in [-0.2, 0) is 0 Å². The van der Waals surface area contributed by atoms with Crippen molar-refractivity contribution >= 4 is 27.5 Å². The fourth-order valence-electron chi connectivity index (χ4n) is 2.10. The highest BCUT2D eigenvalue weighted by Gasteiger charge is 2.15. The molecule has 2 aromatic carbocycles. The normalized spacial score (nSPS) is 11.1. The van der Waals surface area contributed by atoms with Crippen molar-refractivity contribution in [2.24, 2.45) is 0 Å². The van der Waals surface area contributed by atoms with Crippen LogP contribution < -0.4 is 4.74 Å². The number of aromatic nitrogens is 2. The van der Waals surface area contributed by atoms with E-state index in [0.29, 0.717) is 32.2 Å². The van der Waals surface area contributed by atoms with Gasteiger partial charge in [-0.05, 0) is 66.2 Å². The van der Waals surface area contributed by atoms with E-state index in [2.05, 4.69) is 26.1 Å². The Morgan fingerprint density at radius 1 is 1.21 bits per heavy atom. The Morgan fingerprint density at radius 3 is 2.67 bits per heavy atom. The van der Waals surface area contributed by atoms with E-state index in [1.807, 2.05) is 13.8 Å². The highest BCUT2D eigenvalue weighted by Crippen LogP contribution is 2.32. The second-order valence-electron chi connectivity index (χ2n) is 5.36. The van der Waals surface area contributed by atoms with E-state index in [1.54, 1.807) is 24.3 Å². The van der Waals surface area contributed by atoms with Crippen LogP contribution in [0.4, 0.5) is 4.39 Å². The summed E-state index contributed by atoms with van der Waals surface area (Å²) in [4.78, 5) is 4.34. The summed E-state index contributed by atoms with van der Waals surface area (Å²) < 4.78 is 24.6. The molecule has 1 aromatic heterocycles. The molecule has 0 aliphatic carbocycles. The topological polar surface area (TPSA) is 48.2 Å². The van der Waals surface area contributed by atoms with Crippen LogP contribution in [0.25, 0.3) is 22.8 Å². The van der Waals surface area contributed by atoms with E-state index in [-0.39, 0.29) is 17.8 Å². The highest BCUT2D eigenvalue weighted by molar-refractivity contribution is 9.10. The predicted octanol–water partition coefficient (Wildman–Crippen LogP) is 5.75. The van der Waals surface area contributed by atoms with E-state index < -0.39 is 0 Å². The van der Waals surface area contributed by atoms with Crippen LogP contribution in [0.2, 0.25) is 5.02 Å². The van der Waals surface area contributed by atoms with Crippen molar-refractivity contribution in [2.75, 3.05) is 0 Å². The lowest BCUT2D eigenvalue weighted by Crippen LogP contribution is -2.05. The smallest absolute Gasteiger partial charge is 0.259 e. The Labute approximate surface area is 151 Å². The van der Waals surface area contributed by atoms with Gasteiger partial charge in [-0.1, -0.05) is 16.8 Å². The lowest BCUT2D eigenvalue weighted by atomic mass is 10.2. The molecule has 3 aromatic rings. The van der Waals surface area contributed by atoms with E-state index in [1.165, 1.54) is 12.1 Å². The third-order valence-corrected chi connectivity index (χ3v) is 4.09. The predicted molar refractivity (Wildman–Crippen MR) is 93.6 cm³/mol. The zero-order chi connectivity index (χ0) is 17.3. The molecule has 0 atom stereocenters. The molecule has 0 aliphatic heterocycles. The average Bonchev–Trinajstić information content (AvgIpc) is 2.98. The first kappa shape index (κ1) is 16.9. The molecule has 0 amide bonds. The third-order valence-electron chi connectivity index (χ3n) is 3.14. The van der Waals surface area contributed by atoms with Gasteiger partial charge in [0, 0.05) is 10.0 Å². The van der Waals surface area contributed by atoms with Gasteiger partial charge in [0.05, 0.1) is 16.7 Å². The summed E-state index contributed by atoms with van der Waals surface area (Å²) in [6.07, 6.45) is 0.0287. The van der Waals surface area contributed by atoms with Gasteiger partial charge in [0.15, 0.2) is 0 Å². The highest BCUT2D eigenvalue weighted by atomic mass is 79.9. The Hall–Kier alpha value is -1.92. The lowest BCUT2D eigenvalue weighted by Gasteiger charge is -2.11. The average molecular weight is 412 g/mol. The van der Waals surface area contributed by atoms with Crippen LogP contribution in [-0.4, -0.2) is 16.2 Å². The summed E-state index contributed by atoms with van der Waals surface area (Å²) in [5.41, 5.74) is 1.31. The summed E-state index contributed by atoms with van der Waals surface area (Å²) >= 11 is 9.52. The number of halogens is 3. The SMILES string of the molecule is CC(C)Oc1ccc(-c2noc(-c3ccc(F)cc3Br)n2)cc1Cl. The largest absolute Gasteiger partial charge is 0.489 e. The summed E-state index contributed by atoms with van der Waals surface area (Å²) in [7, 11) is 0. The van der Waals surface area contributed by atoms with E-state index in [4.69, 9.17) is 20.9 Å². The van der Waals surface area contributed by atoms with E-state index in [0.717, 1.165) is 0 Å². The van der Waals surface area contributed by atoms with Gasteiger partial charge in [-0.2, -0.15) is 4.98 Å². The first-order valence-corrected chi connectivity index (χ1v) is 8.37. The molecule has 124 valence electrons. The Balaban J connectivity index is 1.92.